The van der Waals surface area contributed by atoms with E-state index in [2.05, 4.69) is 20.7 Å². The van der Waals surface area contributed by atoms with E-state index >= 15 is 0 Å². The highest BCUT2D eigenvalue weighted by molar-refractivity contribution is 5.64. The molecule has 0 aliphatic carbocycles. The summed E-state index contributed by atoms with van der Waals surface area (Å²) in [5.74, 6) is -1.18. The number of hydrogen-bond donors (Lipinski definition) is 3. The molecule has 26 heavy (non-hydrogen) atoms. The van der Waals surface area contributed by atoms with E-state index in [1.165, 1.54) is 11.0 Å². The molecule has 134 valence electrons. The second-order valence-electron chi connectivity index (χ2n) is 5.63. The fraction of sp³-hybridized carbons (Fsp3) is 0.118. The first-order chi connectivity index (χ1) is 12.4. The van der Waals surface area contributed by atoms with Gasteiger partial charge in [-0.25, -0.2) is 18.3 Å². The summed E-state index contributed by atoms with van der Waals surface area (Å²) in [5.41, 5.74) is 2.55. The van der Waals surface area contributed by atoms with Gasteiger partial charge in [0.05, 0.1) is 5.69 Å². The number of carbonyl (C=O) groups is 1. The average Bonchev–Trinajstić information content (AvgIpc) is 3.00. The minimum atomic E-state index is -1.11. The maximum atomic E-state index is 13.3. The zero-order chi connectivity index (χ0) is 18.7. The molecule has 0 atom stereocenters. The summed E-state index contributed by atoms with van der Waals surface area (Å²) < 4.78 is 27.9. The smallest absolute Gasteiger partial charge is 0.404 e. The molecule has 9 heteroatoms. The summed E-state index contributed by atoms with van der Waals surface area (Å²) in [6.45, 7) is 2.03. The molecule has 0 bridgehead atoms. The Morgan fingerprint density at radius 2 is 1.88 bits per heavy atom. The van der Waals surface area contributed by atoms with Gasteiger partial charge in [-0.3, -0.25) is 0 Å². The van der Waals surface area contributed by atoms with E-state index in [1.807, 2.05) is 19.1 Å². The van der Waals surface area contributed by atoms with Crippen LogP contribution in [0.3, 0.4) is 0 Å². The molecule has 0 fully saturated rings. The lowest BCUT2D eigenvalue weighted by Crippen LogP contribution is -2.20. The van der Waals surface area contributed by atoms with Crippen molar-refractivity contribution < 1.29 is 18.7 Å². The molecule has 3 N–H and O–H groups in total. The highest BCUT2D eigenvalue weighted by Crippen LogP contribution is 2.19. The van der Waals surface area contributed by atoms with Crippen LogP contribution in [0.15, 0.2) is 42.7 Å². The molecule has 0 radical (unpaired) electrons. The molecular weight excluding hydrogens is 344 g/mol. The van der Waals surface area contributed by atoms with Gasteiger partial charge in [-0.05, 0) is 42.3 Å². The molecule has 1 amide bonds. The molecule has 1 aromatic heterocycles. The van der Waals surface area contributed by atoms with Gasteiger partial charge in [-0.2, -0.15) is 4.98 Å². The maximum Gasteiger partial charge on any atom is 0.404 e. The SMILES string of the molecule is Cc1cc(CNC(=O)O)cc(Nc2ncn(-c3cc(F)cc(F)c3)n2)c1. The molecule has 3 aromatic rings. The van der Waals surface area contributed by atoms with Gasteiger partial charge < -0.3 is 15.7 Å². The quantitative estimate of drug-likeness (QED) is 0.650. The lowest BCUT2D eigenvalue weighted by molar-refractivity contribution is 0.194. The Morgan fingerprint density at radius 3 is 2.58 bits per heavy atom. The van der Waals surface area contributed by atoms with Gasteiger partial charge in [0.1, 0.15) is 18.0 Å². The highest BCUT2D eigenvalue weighted by atomic mass is 19.1. The first-order valence-corrected chi connectivity index (χ1v) is 7.61. The van der Waals surface area contributed by atoms with Crippen molar-refractivity contribution in [3.63, 3.8) is 0 Å². The van der Waals surface area contributed by atoms with E-state index in [-0.39, 0.29) is 18.2 Å². The number of rotatable bonds is 5. The van der Waals surface area contributed by atoms with Crippen LogP contribution in [0, 0.1) is 18.6 Å². The van der Waals surface area contributed by atoms with Gasteiger partial charge in [0.2, 0.25) is 5.95 Å². The number of carboxylic acid groups (broad SMARTS) is 1. The maximum absolute atomic E-state index is 13.3. The van der Waals surface area contributed by atoms with E-state index in [0.717, 1.165) is 29.3 Å². The number of aryl methyl sites for hydroxylation is 1. The predicted octanol–water partition coefficient (Wildman–Crippen LogP) is 3.37. The van der Waals surface area contributed by atoms with E-state index in [4.69, 9.17) is 5.11 Å². The van der Waals surface area contributed by atoms with Gasteiger partial charge in [-0.15, -0.1) is 5.10 Å². The number of aromatic nitrogens is 3. The third kappa shape index (κ3) is 4.32. The van der Waals surface area contributed by atoms with Crippen molar-refractivity contribution in [1.82, 2.24) is 20.1 Å². The van der Waals surface area contributed by atoms with Crippen molar-refractivity contribution in [1.29, 1.82) is 0 Å². The average molecular weight is 359 g/mol. The number of halogens is 2. The minimum absolute atomic E-state index is 0.163. The molecule has 0 saturated heterocycles. The third-order valence-electron chi connectivity index (χ3n) is 3.44. The van der Waals surface area contributed by atoms with Crippen LogP contribution in [0.5, 0.6) is 0 Å². The molecule has 2 aromatic carbocycles. The zero-order valence-electron chi connectivity index (χ0n) is 13.7. The van der Waals surface area contributed by atoms with Crippen molar-refractivity contribution in [2.75, 3.05) is 5.32 Å². The lowest BCUT2D eigenvalue weighted by Gasteiger charge is -2.08. The van der Waals surface area contributed by atoms with Gasteiger partial charge in [0.25, 0.3) is 0 Å². The van der Waals surface area contributed by atoms with Gasteiger partial charge in [-0.1, -0.05) is 6.07 Å². The van der Waals surface area contributed by atoms with Crippen LogP contribution in [-0.2, 0) is 6.54 Å². The van der Waals surface area contributed by atoms with Gasteiger partial charge >= 0.3 is 6.09 Å². The Bertz CT molecular complexity index is 938. The summed E-state index contributed by atoms with van der Waals surface area (Å²) >= 11 is 0. The second kappa shape index (κ2) is 7.18. The molecule has 1 heterocycles. The molecular formula is C17H15F2N5O2. The number of anilines is 2. The van der Waals surface area contributed by atoms with Crippen molar-refractivity contribution in [2.45, 2.75) is 13.5 Å². The monoisotopic (exact) mass is 359 g/mol. The summed E-state index contributed by atoms with van der Waals surface area (Å²) in [6, 6.07) is 8.51. The van der Waals surface area contributed by atoms with Crippen LogP contribution in [0.2, 0.25) is 0 Å². The fourth-order valence-electron chi connectivity index (χ4n) is 2.46. The highest BCUT2D eigenvalue weighted by Gasteiger charge is 2.08. The largest absolute Gasteiger partial charge is 0.465 e. The van der Waals surface area contributed by atoms with Crippen molar-refractivity contribution in [2.24, 2.45) is 0 Å². The van der Waals surface area contributed by atoms with Crippen molar-refractivity contribution in [3.8, 4) is 5.69 Å². The van der Waals surface area contributed by atoms with Crippen LogP contribution < -0.4 is 10.6 Å². The summed E-state index contributed by atoms with van der Waals surface area (Å²) in [6.07, 6.45) is 0.225. The van der Waals surface area contributed by atoms with Crippen molar-refractivity contribution in [3.05, 3.63) is 65.5 Å². The molecule has 0 spiro atoms. The first kappa shape index (κ1) is 17.3. The van der Waals surface area contributed by atoms with Crippen LogP contribution in [-0.4, -0.2) is 26.0 Å². The standard InChI is InChI=1S/C17H15F2N5O2/c1-10-2-11(8-20-17(25)26)4-14(3-10)22-16-21-9-24(23-16)15-6-12(18)5-13(19)7-15/h2-7,9,20H,8H2,1H3,(H,22,23)(H,25,26). The third-order valence-corrected chi connectivity index (χ3v) is 3.44. The molecule has 0 saturated carbocycles. The number of amides is 1. The van der Waals surface area contributed by atoms with Gasteiger partial charge in [0, 0.05) is 18.3 Å². The molecule has 3 rings (SSSR count). The van der Waals surface area contributed by atoms with E-state index in [0.29, 0.717) is 5.69 Å². The van der Waals surface area contributed by atoms with Crippen LogP contribution >= 0.6 is 0 Å². The first-order valence-electron chi connectivity index (χ1n) is 7.61. The van der Waals surface area contributed by atoms with Gasteiger partial charge in [0.15, 0.2) is 0 Å². The summed E-state index contributed by atoms with van der Waals surface area (Å²) in [7, 11) is 0. The number of nitrogens with zero attached hydrogens (tertiary/aromatic N) is 3. The number of hydrogen-bond acceptors (Lipinski definition) is 4. The molecule has 0 aliphatic heterocycles. The number of benzene rings is 2. The Kier molecular flexibility index (Phi) is 4.78. The van der Waals surface area contributed by atoms with E-state index < -0.39 is 17.7 Å². The Labute approximate surface area is 147 Å². The second-order valence-corrected chi connectivity index (χ2v) is 5.63. The Morgan fingerprint density at radius 1 is 1.15 bits per heavy atom. The van der Waals surface area contributed by atoms with Crippen LogP contribution in [0.1, 0.15) is 11.1 Å². The van der Waals surface area contributed by atoms with Crippen molar-refractivity contribution >= 4 is 17.7 Å². The summed E-state index contributed by atoms with van der Waals surface area (Å²) in [4.78, 5) is 14.7. The fourth-order valence-corrected chi connectivity index (χ4v) is 2.46. The molecule has 7 nitrogen and oxygen atoms in total. The predicted molar refractivity (Wildman–Crippen MR) is 90.6 cm³/mol. The normalized spacial score (nSPS) is 10.6. The zero-order valence-corrected chi connectivity index (χ0v) is 13.7. The van der Waals surface area contributed by atoms with Crippen LogP contribution in [0.4, 0.5) is 25.2 Å². The molecule has 0 aliphatic rings. The topological polar surface area (TPSA) is 92.1 Å². The Hall–Kier alpha value is -3.49. The van der Waals surface area contributed by atoms with E-state index in [1.54, 1.807) is 6.07 Å². The lowest BCUT2D eigenvalue weighted by atomic mass is 10.1. The molecule has 0 unspecified atom stereocenters. The number of nitrogens with one attached hydrogen (secondary N) is 2. The summed E-state index contributed by atoms with van der Waals surface area (Å²) in [5, 5.41) is 18.1. The van der Waals surface area contributed by atoms with E-state index in [9.17, 15) is 13.6 Å². The Balaban J connectivity index is 1.79. The minimum Gasteiger partial charge on any atom is -0.465 e. The van der Waals surface area contributed by atoms with Crippen LogP contribution in [0.25, 0.3) is 5.69 Å².